The highest BCUT2D eigenvalue weighted by Crippen LogP contribution is 2.63. The van der Waals surface area contributed by atoms with E-state index in [0.717, 1.165) is 33.9 Å². The van der Waals surface area contributed by atoms with Gasteiger partial charge >= 0.3 is 0 Å². The van der Waals surface area contributed by atoms with Crippen LogP contribution in [0.1, 0.15) is 33.7 Å². The molecular weight excluding hydrogens is 771 g/mol. The summed E-state index contributed by atoms with van der Waals surface area (Å²) in [5.74, 6) is 1.24. The predicted octanol–water partition coefficient (Wildman–Crippen LogP) is 15.4. The molecule has 9 aromatic carbocycles. The minimum absolute atomic E-state index is 0.0408. The normalized spacial score (nSPS) is 16.8. The Morgan fingerprint density at radius 3 is 1.76 bits per heavy atom. The highest BCUT2D eigenvalue weighted by Gasteiger charge is 2.50. The standard InChI is InChI=1S/C59H39NOS/c1-2-13-38(14-3-1)39-25-29-43(30-26-39)60(44-31-27-40(28-32-44)46-18-12-19-49-48-17-6-9-22-55(48)61-58(46)49)45-33-34-47-50-35-41-15-4-5-16-42(41)36-53(50)59(54(47)37-45)51-20-7-10-23-56(51)62-57-24-11-8-21-52(57)59/h1-37,48,55H. The zero-order valence-electron chi connectivity index (χ0n) is 33.8. The van der Waals surface area contributed by atoms with Gasteiger partial charge < -0.3 is 9.64 Å². The Balaban J connectivity index is 1.01. The second-order valence-electron chi connectivity index (χ2n) is 16.7. The van der Waals surface area contributed by atoms with E-state index in [2.05, 4.69) is 229 Å². The summed E-state index contributed by atoms with van der Waals surface area (Å²) in [7, 11) is 0. The molecule has 0 fully saturated rings. The van der Waals surface area contributed by atoms with Gasteiger partial charge in [0.2, 0.25) is 0 Å². The first-order chi connectivity index (χ1) is 30.7. The van der Waals surface area contributed by atoms with Crippen molar-refractivity contribution in [2.75, 3.05) is 4.90 Å². The van der Waals surface area contributed by atoms with Gasteiger partial charge in [0.1, 0.15) is 11.9 Å². The highest BCUT2D eigenvalue weighted by atomic mass is 32.2. The van der Waals surface area contributed by atoms with Crippen molar-refractivity contribution in [1.82, 2.24) is 0 Å². The van der Waals surface area contributed by atoms with Crippen LogP contribution in [0.15, 0.2) is 234 Å². The topological polar surface area (TPSA) is 12.5 Å². The predicted molar refractivity (Wildman–Crippen MR) is 256 cm³/mol. The summed E-state index contributed by atoms with van der Waals surface area (Å²) in [6.45, 7) is 0. The summed E-state index contributed by atoms with van der Waals surface area (Å²) < 4.78 is 6.61. The number of nitrogens with zero attached hydrogens (tertiary/aromatic N) is 1. The van der Waals surface area contributed by atoms with Crippen LogP contribution in [0.5, 0.6) is 5.75 Å². The molecular formula is C59H39NOS. The highest BCUT2D eigenvalue weighted by molar-refractivity contribution is 7.99. The van der Waals surface area contributed by atoms with E-state index in [9.17, 15) is 0 Å². The van der Waals surface area contributed by atoms with Gasteiger partial charge in [0.25, 0.3) is 0 Å². The number of hydrogen-bond donors (Lipinski definition) is 0. The van der Waals surface area contributed by atoms with E-state index in [1.54, 1.807) is 0 Å². The van der Waals surface area contributed by atoms with E-state index in [-0.39, 0.29) is 12.0 Å². The first kappa shape index (κ1) is 35.4. The second-order valence-corrected chi connectivity index (χ2v) is 17.8. The maximum absolute atomic E-state index is 6.61. The Labute approximate surface area is 366 Å². The fraction of sp³-hybridized carbons (Fsp3) is 0.0508. The molecule has 2 heterocycles. The second kappa shape index (κ2) is 13.9. The van der Waals surface area contributed by atoms with Crippen LogP contribution in [0.4, 0.5) is 17.1 Å². The van der Waals surface area contributed by atoms with Gasteiger partial charge in [-0.25, -0.2) is 0 Å². The third-order valence-corrected chi connectivity index (χ3v) is 14.6. The first-order valence-corrected chi connectivity index (χ1v) is 22.3. The van der Waals surface area contributed by atoms with Crippen molar-refractivity contribution in [1.29, 1.82) is 0 Å². The summed E-state index contributed by atoms with van der Waals surface area (Å²) in [4.78, 5) is 5.03. The minimum atomic E-state index is -0.509. The number of ether oxygens (including phenoxy) is 1. The lowest BCUT2D eigenvalue weighted by atomic mass is 9.67. The molecule has 2 aliphatic carbocycles. The van der Waals surface area contributed by atoms with E-state index in [4.69, 9.17) is 4.74 Å². The van der Waals surface area contributed by atoms with Gasteiger partial charge in [-0.1, -0.05) is 170 Å². The molecule has 3 heteroatoms. The number of para-hydroxylation sites is 1. The molecule has 2 atom stereocenters. The number of rotatable bonds is 5. The van der Waals surface area contributed by atoms with Gasteiger partial charge in [-0.2, -0.15) is 0 Å². The average molecular weight is 810 g/mol. The van der Waals surface area contributed by atoms with Crippen LogP contribution in [-0.4, -0.2) is 6.10 Å². The summed E-state index contributed by atoms with van der Waals surface area (Å²) in [5, 5.41) is 2.51. The molecule has 9 aromatic rings. The fourth-order valence-electron chi connectivity index (χ4n) is 10.7. The van der Waals surface area contributed by atoms with Crippen molar-refractivity contribution in [3.8, 4) is 39.1 Å². The van der Waals surface area contributed by atoms with E-state index in [1.165, 1.54) is 70.6 Å². The van der Waals surface area contributed by atoms with Gasteiger partial charge in [-0.15, -0.1) is 0 Å². The molecule has 62 heavy (non-hydrogen) atoms. The maximum atomic E-state index is 6.61. The van der Waals surface area contributed by atoms with Gasteiger partial charge in [0.05, 0.1) is 5.41 Å². The van der Waals surface area contributed by atoms with E-state index in [1.807, 2.05) is 11.8 Å². The number of hydrogen-bond acceptors (Lipinski definition) is 3. The van der Waals surface area contributed by atoms with Crippen molar-refractivity contribution in [3.63, 3.8) is 0 Å². The maximum Gasteiger partial charge on any atom is 0.132 e. The van der Waals surface area contributed by atoms with Crippen molar-refractivity contribution in [3.05, 3.63) is 252 Å². The molecule has 0 amide bonds. The molecule has 0 N–H and O–H groups in total. The Morgan fingerprint density at radius 2 is 1.02 bits per heavy atom. The molecule has 2 aliphatic heterocycles. The van der Waals surface area contributed by atoms with Crippen LogP contribution in [-0.2, 0) is 5.41 Å². The lowest BCUT2D eigenvalue weighted by molar-refractivity contribution is 0.270. The third-order valence-electron chi connectivity index (χ3n) is 13.5. The van der Waals surface area contributed by atoms with Gasteiger partial charge in [0, 0.05) is 43.9 Å². The first-order valence-electron chi connectivity index (χ1n) is 21.5. The molecule has 13 rings (SSSR count). The molecule has 2 unspecified atom stereocenters. The van der Waals surface area contributed by atoms with E-state index in [0.29, 0.717) is 0 Å². The summed E-state index contributed by atoms with van der Waals surface area (Å²) in [5.41, 5.74) is 16.6. The molecule has 0 radical (unpaired) electrons. The third kappa shape index (κ3) is 5.25. The zero-order chi connectivity index (χ0) is 40.8. The average Bonchev–Trinajstić information content (AvgIpc) is 3.85. The van der Waals surface area contributed by atoms with Crippen LogP contribution in [0.25, 0.3) is 44.2 Å². The molecule has 0 bridgehead atoms. The quantitative estimate of drug-likeness (QED) is 0.172. The lowest BCUT2D eigenvalue weighted by Crippen LogP contribution is -2.32. The Bertz CT molecular complexity index is 3260. The van der Waals surface area contributed by atoms with Gasteiger partial charge in [0.15, 0.2) is 0 Å². The molecule has 1 spiro atoms. The van der Waals surface area contributed by atoms with Gasteiger partial charge in [-0.3, -0.25) is 0 Å². The van der Waals surface area contributed by atoms with Crippen LogP contribution in [0.2, 0.25) is 0 Å². The van der Waals surface area contributed by atoms with Crippen molar-refractivity contribution in [2.45, 2.75) is 27.2 Å². The molecule has 4 aliphatic rings. The molecule has 292 valence electrons. The van der Waals surface area contributed by atoms with Gasteiger partial charge in [-0.05, 0) is 128 Å². The van der Waals surface area contributed by atoms with Crippen LogP contribution in [0, 0.1) is 0 Å². The molecule has 2 nitrogen and oxygen atoms in total. The number of benzene rings is 9. The molecule has 0 saturated heterocycles. The van der Waals surface area contributed by atoms with Crippen LogP contribution >= 0.6 is 11.8 Å². The largest absolute Gasteiger partial charge is 0.484 e. The molecule has 0 saturated carbocycles. The Kier molecular flexibility index (Phi) is 7.92. The monoisotopic (exact) mass is 809 g/mol. The summed E-state index contributed by atoms with van der Waals surface area (Å²) in [6, 6.07) is 74.3. The van der Waals surface area contributed by atoms with Crippen LogP contribution in [0.3, 0.4) is 0 Å². The van der Waals surface area contributed by atoms with Crippen LogP contribution < -0.4 is 9.64 Å². The number of anilines is 3. The SMILES string of the molecule is C1=CC2Oc3c(-c4ccc(N(c5ccc(-c6ccccc6)cc5)c5ccc6c(c5)C5(c7ccccc7Sc7ccccc75)c5cc7ccccc7cc5-6)cc4)cccc3C2C=C1. The molecule has 0 aromatic heterocycles. The van der Waals surface area contributed by atoms with Crippen molar-refractivity contribution in [2.24, 2.45) is 0 Å². The van der Waals surface area contributed by atoms with Crippen molar-refractivity contribution < 1.29 is 4.74 Å². The number of allylic oxidation sites excluding steroid dienone is 2. The Morgan fingerprint density at radius 1 is 0.419 bits per heavy atom. The van der Waals surface area contributed by atoms with E-state index >= 15 is 0 Å². The Hall–Kier alpha value is -7.33. The minimum Gasteiger partial charge on any atom is -0.484 e. The van der Waals surface area contributed by atoms with Crippen molar-refractivity contribution >= 4 is 39.6 Å². The lowest BCUT2D eigenvalue weighted by Gasteiger charge is -2.40. The zero-order valence-corrected chi connectivity index (χ0v) is 34.6. The summed E-state index contributed by atoms with van der Waals surface area (Å²) >= 11 is 1.89. The number of fused-ring (bicyclic) bond motifs is 13. The summed E-state index contributed by atoms with van der Waals surface area (Å²) in [6.07, 6.45) is 8.70. The fourth-order valence-corrected chi connectivity index (χ4v) is 11.9. The smallest absolute Gasteiger partial charge is 0.132 e. The van der Waals surface area contributed by atoms with E-state index < -0.39 is 5.41 Å².